The summed E-state index contributed by atoms with van der Waals surface area (Å²) in [6, 6.07) is 2.56. The SMILES string of the molecule is CCCc1noc(Cn2cc(S(=O)(=O)N(CC)CC)ccc2=O)n1. The minimum absolute atomic E-state index is 0.0388. The fraction of sp³-hybridized carbons (Fsp3) is 0.533. The van der Waals surface area contributed by atoms with Crippen LogP contribution in [0.15, 0.2) is 32.5 Å². The molecule has 8 nitrogen and oxygen atoms in total. The Hall–Kier alpha value is -2.00. The second-order valence-electron chi connectivity index (χ2n) is 5.27. The number of rotatable bonds is 8. The van der Waals surface area contributed by atoms with Crippen LogP contribution in [0.3, 0.4) is 0 Å². The van der Waals surface area contributed by atoms with E-state index in [0.29, 0.717) is 25.3 Å². The lowest BCUT2D eigenvalue weighted by Gasteiger charge is -2.18. The normalized spacial score (nSPS) is 12.0. The molecule has 9 heteroatoms. The van der Waals surface area contributed by atoms with Gasteiger partial charge in [-0.3, -0.25) is 4.79 Å². The average Bonchev–Trinajstić information content (AvgIpc) is 2.98. The first-order valence-corrected chi connectivity index (χ1v) is 9.38. The van der Waals surface area contributed by atoms with E-state index in [4.69, 9.17) is 4.52 Å². The molecule has 0 atom stereocenters. The summed E-state index contributed by atoms with van der Waals surface area (Å²) in [5.74, 6) is 0.852. The Morgan fingerprint density at radius 1 is 1.21 bits per heavy atom. The Labute approximate surface area is 141 Å². The zero-order chi connectivity index (χ0) is 17.7. The van der Waals surface area contributed by atoms with Gasteiger partial charge in [-0.2, -0.15) is 9.29 Å². The molecule has 0 saturated carbocycles. The molecule has 132 valence electrons. The van der Waals surface area contributed by atoms with Crippen LogP contribution >= 0.6 is 0 Å². The van der Waals surface area contributed by atoms with Crippen LogP contribution in [0.4, 0.5) is 0 Å². The van der Waals surface area contributed by atoms with E-state index in [-0.39, 0.29) is 22.9 Å². The van der Waals surface area contributed by atoms with E-state index in [2.05, 4.69) is 10.1 Å². The summed E-state index contributed by atoms with van der Waals surface area (Å²) in [5.41, 5.74) is -0.330. The molecule has 0 aliphatic heterocycles. The summed E-state index contributed by atoms with van der Waals surface area (Å²) in [4.78, 5) is 16.3. The molecular formula is C15H22N4O4S. The van der Waals surface area contributed by atoms with Gasteiger partial charge in [0.15, 0.2) is 5.82 Å². The van der Waals surface area contributed by atoms with Gasteiger partial charge in [0.25, 0.3) is 5.56 Å². The summed E-state index contributed by atoms with van der Waals surface area (Å²) < 4.78 is 32.8. The number of hydrogen-bond donors (Lipinski definition) is 0. The number of nitrogens with zero attached hydrogens (tertiary/aromatic N) is 4. The van der Waals surface area contributed by atoms with Gasteiger partial charge in [0.1, 0.15) is 6.54 Å². The van der Waals surface area contributed by atoms with Crippen LogP contribution in [0.2, 0.25) is 0 Å². The first kappa shape index (κ1) is 18.3. The molecule has 0 amide bonds. The predicted octanol–water partition coefficient (Wildman–Crippen LogP) is 1.26. The van der Waals surface area contributed by atoms with E-state index < -0.39 is 10.0 Å². The molecule has 0 N–H and O–H groups in total. The van der Waals surface area contributed by atoms with Crippen molar-refractivity contribution >= 4 is 10.0 Å². The number of sulfonamides is 1. The van der Waals surface area contributed by atoms with Crippen LogP contribution in [0.5, 0.6) is 0 Å². The summed E-state index contributed by atoms with van der Waals surface area (Å²) in [6.45, 7) is 6.30. The zero-order valence-corrected chi connectivity index (χ0v) is 14.9. The van der Waals surface area contributed by atoms with Crippen LogP contribution < -0.4 is 5.56 Å². The van der Waals surface area contributed by atoms with Crippen LogP contribution in [0.1, 0.15) is 38.9 Å². The van der Waals surface area contributed by atoms with E-state index in [1.54, 1.807) is 13.8 Å². The molecule has 0 aliphatic rings. The van der Waals surface area contributed by atoms with Crippen molar-refractivity contribution in [3.63, 3.8) is 0 Å². The third-order valence-corrected chi connectivity index (χ3v) is 5.62. The number of hydrogen-bond acceptors (Lipinski definition) is 6. The maximum absolute atomic E-state index is 12.6. The molecule has 0 fully saturated rings. The van der Waals surface area contributed by atoms with Crippen LogP contribution in [0, 0.1) is 0 Å². The van der Waals surface area contributed by atoms with Crippen LogP contribution in [-0.4, -0.2) is 40.5 Å². The first-order valence-electron chi connectivity index (χ1n) is 7.94. The highest BCUT2D eigenvalue weighted by atomic mass is 32.2. The molecular weight excluding hydrogens is 332 g/mol. The fourth-order valence-corrected chi connectivity index (χ4v) is 3.80. The van der Waals surface area contributed by atoms with E-state index in [0.717, 1.165) is 6.42 Å². The summed E-state index contributed by atoms with van der Waals surface area (Å²) in [7, 11) is -3.63. The van der Waals surface area contributed by atoms with Crippen molar-refractivity contribution < 1.29 is 12.9 Å². The maximum atomic E-state index is 12.6. The lowest BCUT2D eigenvalue weighted by atomic mass is 10.3. The highest BCUT2D eigenvalue weighted by Crippen LogP contribution is 2.14. The van der Waals surface area contributed by atoms with Gasteiger partial charge in [-0.25, -0.2) is 8.42 Å². The van der Waals surface area contributed by atoms with E-state index in [1.807, 2.05) is 6.92 Å². The topological polar surface area (TPSA) is 98.3 Å². The van der Waals surface area contributed by atoms with Crippen LogP contribution in [-0.2, 0) is 23.0 Å². The van der Waals surface area contributed by atoms with Crippen molar-refractivity contribution in [1.29, 1.82) is 0 Å². The van der Waals surface area contributed by atoms with Gasteiger partial charge < -0.3 is 9.09 Å². The predicted molar refractivity (Wildman–Crippen MR) is 88.2 cm³/mol. The highest BCUT2D eigenvalue weighted by molar-refractivity contribution is 7.89. The van der Waals surface area contributed by atoms with Crippen molar-refractivity contribution in [2.75, 3.05) is 13.1 Å². The molecule has 2 aromatic heterocycles. The van der Waals surface area contributed by atoms with Crippen molar-refractivity contribution in [3.05, 3.63) is 40.4 Å². The Morgan fingerprint density at radius 3 is 2.54 bits per heavy atom. The van der Waals surface area contributed by atoms with Gasteiger partial charge in [0, 0.05) is 31.8 Å². The van der Waals surface area contributed by atoms with Crippen molar-refractivity contribution in [3.8, 4) is 0 Å². The molecule has 0 saturated heterocycles. The molecule has 0 unspecified atom stereocenters. The van der Waals surface area contributed by atoms with Gasteiger partial charge in [0.2, 0.25) is 15.9 Å². The zero-order valence-electron chi connectivity index (χ0n) is 14.1. The van der Waals surface area contributed by atoms with Crippen LogP contribution in [0.25, 0.3) is 0 Å². The van der Waals surface area contributed by atoms with Gasteiger partial charge in [0.05, 0.1) is 4.90 Å². The largest absolute Gasteiger partial charge is 0.337 e. The highest BCUT2D eigenvalue weighted by Gasteiger charge is 2.22. The van der Waals surface area contributed by atoms with E-state index in [1.165, 1.54) is 27.2 Å². The second-order valence-corrected chi connectivity index (χ2v) is 7.21. The average molecular weight is 354 g/mol. The Bertz CT molecular complexity index is 837. The van der Waals surface area contributed by atoms with E-state index in [9.17, 15) is 13.2 Å². The molecule has 0 radical (unpaired) electrons. The lowest BCUT2D eigenvalue weighted by Crippen LogP contribution is -2.32. The lowest BCUT2D eigenvalue weighted by molar-refractivity contribution is 0.364. The molecule has 0 spiro atoms. The molecule has 24 heavy (non-hydrogen) atoms. The van der Waals surface area contributed by atoms with E-state index >= 15 is 0 Å². The number of aryl methyl sites for hydroxylation is 1. The fourth-order valence-electron chi connectivity index (χ4n) is 2.32. The summed E-state index contributed by atoms with van der Waals surface area (Å²) in [6.07, 6.45) is 2.89. The molecule has 0 aromatic carbocycles. The van der Waals surface area contributed by atoms with Crippen molar-refractivity contribution in [2.45, 2.75) is 45.1 Å². The Balaban J connectivity index is 2.33. The Morgan fingerprint density at radius 2 is 1.92 bits per heavy atom. The van der Waals surface area contributed by atoms with Crippen molar-refractivity contribution in [1.82, 2.24) is 19.0 Å². The third kappa shape index (κ3) is 3.90. The standard InChI is InChI=1S/C15H22N4O4S/c1-4-7-13-16-14(23-17-13)11-18-10-12(8-9-15(18)20)24(21,22)19(5-2)6-3/h8-10H,4-7,11H2,1-3H3. The van der Waals surface area contributed by atoms with Gasteiger partial charge in [-0.1, -0.05) is 25.9 Å². The number of aromatic nitrogens is 3. The quantitative estimate of drug-likeness (QED) is 0.708. The van der Waals surface area contributed by atoms with Gasteiger partial charge in [-0.05, 0) is 12.5 Å². The smallest absolute Gasteiger partial charge is 0.251 e. The second kappa shape index (κ2) is 7.71. The van der Waals surface area contributed by atoms with Gasteiger partial charge >= 0.3 is 0 Å². The molecule has 2 aromatic rings. The molecule has 0 aliphatic carbocycles. The minimum Gasteiger partial charge on any atom is -0.337 e. The van der Waals surface area contributed by atoms with Gasteiger partial charge in [-0.15, -0.1) is 0 Å². The number of pyridine rings is 1. The molecule has 2 rings (SSSR count). The monoisotopic (exact) mass is 354 g/mol. The first-order chi connectivity index (χ1) is 11.4. The third-order valence-electron chi connectivity index (χ3n) is 3.59. The molecule has 2 heterocycles. The minimum atomic E-state index is -3.63. The summed E-state index contributed by atoms with van der Waals surface area (Å²) >= 11 is 0. The van der Waals surface area contributed by atoms with Crippen molar-refractivity contribution in [2.24, 2.45) is 0 Å². The summed E-state index contributed by atoms with van der Waals surface area (Å²) in [5, 5.41) is 3.83. The Kier molecular flexibility index (Phi) is 5.89. The maximum Gasteiger partial charge on any atom is 0.251 e. The molecule has 0 bridgehead atoms.